The first-order chi connectivity index (χ1) is 10.6. The van der Waals surface area contributed by atoms with Crippen LogP contribution in [0.15, 0.2) is 28.7 Å². The average molecular weight is 367 g/mol. The molecule has 0 spiro atoms. The fraction of sp³-hybridized carbons (Fsp3) is 0.611. The van der Waals surface area contributed by atoms with Gasteiger partial charge in [0.1, 0.15) is 0 Å². The minimum Gasteiger partial charge on any atom is -0.345 e. The largest absolute Gasteiger partial charge is 0.345 e. The molecule has 122 valence electrons. The molecule has 1 unspecified atom stereocenters. The molecule has 1 heterocycles. The molecule has 1 aromatic carbocycles. The molecule has 22 heavy (non-hydrogen) atoms. The van der Waals surface area contributed by atoms with Crippen LogP contribution in [0.1, 0.15) is 31.7 Å². The van der Waals surface area contributed by atoms with Crippen molar-refractivity contribution in [2.24, 2.45) is 11.8 Å². The zero-order chi connectivity index (χ0) is 15.9. The summed E-state index contributed by atoms with van der Waals surface area (Å²) in [6, 6.07) is 8.33. The van der Waals surface area contributed by atoms with Gasteiger partial charge in [-0.3, -0.25) is 4.79 Å². The molecule has 1 aliphatic rings. The first kappa shape index (κ1) is 17.5. The maximum Gasteiger partial charge on any atom is 0.222 e. The number of hydrogen-bond donors (Lipinski definition) is 1. The molecule has 4 heteroatoms. The summed E-state index contributed by atoms with van der Waals surface area (Å²) in [5.41, 5.74) is 1.27. The second kappa shape index (κ2) is 8.68. The summed E-state index contributed by atoms with van der Waals surface area (Å²) in [5.74, 6) is 1.47. The summed E-state index contributed by atoms with van der Waals surface area (Å²) >= 11 is 3.44. The highest BCUT2D eigenvalue weighted by atomic mass is 79.9. The summed E-state index contributed by atoms with van der Waals surface area (Å²) in [4.78, 5) is 14.3. The maximum absolute atomic E-state index is 12.4. The van der Waals surface area contributed by atoms with Crippen LogP contribution in [0.2, 0.25) is 0 Å². The highest BCUT2D eigenvalue weighted by Gasteiger charge is 2.23. The van der Waals surface area contributed by atoms with Crippen LogP contribution in [0.25, 0.3) is 0 Å². The Morgan fingerprint density at radius 1 is 1.32 bits per heavy atom. The topological polar surface area (TPSA) is 32.3 Å². The van der Waals surface area contributed by atoms with Crippen LogP contribution in [0.3, 0.4) is 0 Å². The van der Waals surface area contributed by atoms with E-state index in [1.165, 1.54) is 18.4 Å². The number of carbonyl (C=O) groups excluding carboxylic acids is 1. The van der Waals surface area contributed by atoms with E-state index >= 15 is 0 Å². The molecule has 1 fully saturated rings. The van der Waals surface area contributed by atoms with Gasteiger partial charge in [0.15, 0.2) is 0 Å². The van der Waals surface area contributed by atoms with Gasteiger partial charge >= 0.3 is 0 Å². The third-order valence-corrected chi connectivity index (χ3v) is 5.29. The zero-order valence-electron chi connectivity index (χ0n) is 13.6. The Labute approximate surface area is 142 Å². The van der Waals surface area contributed by atoms with E-state index in [2.05, 4.69) is 52.4 Å². The molecule has 0 bridgehead atoms. The van der Waals surface area contributed by atoms with E-state index in [0.29, 0.717) is 18.3 Å². The Hall–Kier alpha value is -0.870. The van der Waals surface area contributed by atoms with Crippen molar-refractivity contribution in [1.82, 2.24) is 10.2 Å². The number of piperidine rings is 1. The monoisotopic (exact) mass is 366 g/mol. The van der Waals surface area contributed by atoms with Crippen molar-refractivity contribution in [1.29, 1.82) is 0 Å². The summed E-state index contributed by atoms with van der Waals surface area (Å²) in [7, 11) is 1.93. The van der Waals surface area contributed by atoms with E-state index in [1.54, 1.807) is 0 Å². The first-order valence-electron chi connectivity index (χ1n) is 8.25. The lowest BCUT2D eigenvalue weighted by molar-refractivity contribution is -0.131. The van der Waals surface area contributed by atoms with Crippen molar-refractivity contribution in [3.05, 3.63) is 34.3 Å². The van der Waals surface area contributed by atoms with Crippen LogP contribution in [-0.4, -0.2) is 37.5 Å². The standard InChI is InChI=1S/C18H27BrN2O/c1-14(16-7-10-20-11-8-16)13-18(22)21(2)12-9-15-3-5-17(19)6-4-15/h3-6,14,16,20H,7-13H2,1-2H3. The normalized spacial score (nSPS) is 17.2. The summed E-state index contributed by atoms with van der Waals surface area (Å²) in [6.45, 7) is 5.22. The van der Waals surface area contributed by atoms with Crippen LogP contribution in [0.4, 0.5) is 0 Å². The molecule has 3 nitrogen and oxygen atoms in total. The number of amides is 1. The number of benzene rings is 1. The predicted molar refractivity (Wildman–Crippen MR) is 94.9 cm³/mol. The summed E-state index contributed by atoms with van der Waals surface area (Å²) in [6.07, 6.45) is 4.01. The van der Waals surface area contributed by atoms with Crippen molar-refractivity contribution in [3.63, 3.8) is 0 Å². The number of hydrogen-bond acceptors (Lipinski definition) is 2. The Morgan fingerprint density at radius 3 is 2.59 bits per heavy atom. The quantitative estimate of drug-likeness (QED) is 0.835. The van der Waals surface area contributed by atoms with Crippen LogP contribution < -0.4 is 5.32 Å². The molecule has 0 aliphatic carbocycles. The molecular formula is C18H27BrN2O. The Kier molecular flexibility index (Phi) is 6.90. The van der Waals surface area contributed by atoms with E-state index in [0.717, 1.165) is 30.5 Å². The van der Waals surface area contributed by atoms with E-state index in [1.807, 2.05) is 11.9 Å². The minimum absolute atomic E-state index is 0.281. The van der Waals surface area contributed by atoms with E-state index < -0.39 is 0 Å². The lowest BCUT2D eigenvalue weighted by atomic mass is 9.84. The van der Waals surface area contributed by atoms with Crippen molar-refractivity contribution in [2.75, 3.05) is 26.7 Å². The van der Waals surface area contributed by atoms with Gasteiger partial charge < -0.3 is 10.2 Å². The number of halogens is 1. The second-order valence-electron chi connectivity index (χ2n) is 6.46. The van der Waals surface area contributed by atoms with Gasteiger partial charge in [-0.15, -0.1) is 0 Å². The van der Waals surface area contributed by atoms with Crippen molar-refractivity contribution in [3.8, 4) is 0 Å². The van der Waals surface area contributed by atoms with Gasteiger partial charge in [-0.05, 0) is 61.9 Å². The Morgan fingerprint density at radius 2 is 1.95 bits per heavy atom. The fourth-order valence-electron chi connectivity index (χ4n) is 3.08. The van der Waals surface area contributed by atoms with Crippen LogP contribution in [-0.2, 0) is 11.2 Å². The minimum atomic E-state index is 0.281. The molecule has 2 rings (SSSR count). The summed E-state index contributed by atoms with van der Waals surface area (Å²) < 4.78 is 1.09. The molecule has 0 saturated carbocycles. The van der Waals surface area contributed by atoms with E-state index in [4.69, 9.17) is 0 Å². The van der Waals surface area contributed by atoms with Crippen LogP contribution in [0, 0.1) is 11.8 Å². The second-order valence-corrected chi connectivity index (χ2v) is 7.38. The smallest absolute Gasteiger partial charge is 0.222 e. The van der Waals surface area contributed by atoms with Crippen molar-refractivity contribution < 1.29 is 4.79 Å². The highest BCUT2D eigenvalue weighted by molar-refractivity contribution is 9.10. The predicted octanol–water partition coefficient (Wildman–Crippen LogP) is 3.48. The number of rotatable bonds is 6. The third-order valence-electron chi connectivity index (χ3n) is 4.76. The van der Waals surface area contributed by atoms with Crippen molar-refractivity contribution in [2.45, 2.75) is 32.6 Å². The molecule has 1 atom stereocenters. The number of nitrogens with one attached hydrogen (secondary N) is 1. The van der Waals surface area contributed by atoms with Gasteiger partial charge in [0.05, 0.1) is 0 Å². The van der Waals surface area contributed by atoms with Gasteiger partial charge in [-0.2, -0.15) is 0 Å². The Bertz CT molecular complexity index is 468. The molecule has 1 N–H and O–H groups in total. The first-order valence-corrected chi connectivity index (χ1v) is 9.04. The van der Waals surface area contributed by atoms with Gasteiger partial charge in [0.25, 0.3) is 0 Å². The Balaban J connectivity index is 1.75. The van der Waals surface area contributed by atoms with E-state index in [-0.39, 0.29) is 5.91 Å². The number of likely N-dealkylation sites (N-methyl/N-ethyl adjacent to an activating group) is 1. The third kappa shape index (κ3) is 5.40. The fourth-order valence-corrected chi connectivity index (χ4v) is 3.35. The molecule has 0 radical (unpaired) electrons. The zero-order valence-corrected chi connectivity index (χ0v) is 15.2. The van der Waals surface area contributed by atoms with Crippen molar-refractivity contribution >= 4 is 21.8 Å². The lowest BCUT2D eigenvalue weighted by Crippen LogP contribution is -2.34. The maximum atomic E-state index is 12.4. The van der Waals surface area contributed by atoms with E-state index in [9.17, 15) is 4.79 Å². The summed E-state index contributed by atoms with van der Waals surface area (Å²) in [5, 5.41) is 3.39. The molecule has 0 aromatic heterocycles. The molecule has 1 aromatic rings. The molecular weight excluding hydrogens is 340 g/mol. The number of carbonyl (C=O) groups is 1. The van der Waals surface area contributed by atoms with Gasteiger partial charge in [-0.1, -0.05) is 35.0 Å². The molecule has 1 aliphatic heterocycles. The molecule has 1 amide bonds. The number of nitrogens with zero attached hydrogens (tertiary/aromatic N) is 1. The van der Waals surface area contributed by atoms with Crippen LogP contribution in [0.5, 0.6) is 0 Å². The van der Waals surface area contributed by atoms with Gasteiger partial charge in [-0.25, -0.2) is 0 Å². The molecule has 1 saturated heterocycles. The highest BCUT2D eigenvalue weighted by Crippen LogP contribution is 2.24. The SMILES string of the molecule is CC(CC(=O)N(C)CCc1ccc(Br)cc1)C1CCNCC1. The van der Waals surface area contributed by atoms with Gasteiger partial charge in [0, 0.05) is 24.5 Å². The van der Waals surface area contributed by atoms with Gasteiger partial charge in [0.2, 0.25) is 5.91 Å². The average Bonchev–Trinajstić information content (AvgIpc) is 2.54. The lowest BCUT2D eigenvalue weighted by Gasteiger charge is -2.29. The van der Waals surface area contributed by atoms with Crippen LogP contribution >= 0.6 is 15.9 Å².